The molecule has 2 aromatic rings. The van der Waals surface area contributed by atoms with E-state index in [1.165, 1.54) is 18.0 Å². The highest BCUT2D eigenvalue weighted by molar-refractivity contribution is 5.81. The first-order chi connectivity index (χ1) is 10.1. The summed E-state index contributed by atoms with van der Waals surface area (Å²) in [6, 6.07) is 0. The van der Waals surface area contributed by atoms with E-state index in [1.54, 1.807) is 0 Å². The molecule has 114 valence electrons. The quantitative estimate of drug-likeness (QED) is 0.506. The number of aromatic amines is 1. The lowest BCUT2D eigenvalue weighted by Crippen LogP contribution is -2.36. The monoisotopic (exact) mass is 297 g/mol. The molecule has 10 heteroatoms. The molecule has 21 heavy (non-hydrogen) atoms. The summed E-state index contributed by atoms with van der Waals surface area (Å²) in [7, 11) is 1.38. The SMILES string of the molecule is COC1C(O)[C@@H](CO)OC1n1c(=O)[nH]c2c(N)ncnc21. The van der Waals surface area contributed by atoms with Crippen LogP contribution >= 0.6 is 0 Å². The molecule has 0 spiro atoms. The van der Waals surface area contributed by atoms with Gasteiger partial charge in [-0.3, -0.25) is 0 Å². The molecule has 0 bridgehead atoms. The first kappa shape index (κ1) is 13.9. The predicted molar refractivity (Wildman–Crippen MR) is 70.4 cm³/mol. The summed E-state index contributed by atoms with van der Waals surface area (Å²) in [4.78, 5) is 22.5. The van der Waals surface area contributed by atoms with Crippen LogP contribution in [0.5, 0.6) is 0 Å². The van der Waals surface area contributed by atoms with Gasteiger partial charge in [0.25, 0.3) is 0 Å². The van der Waals surface area contributed by atoms with Gasteiger partial charge in [0.15, 0.2) is 17.7 Å². The van der Waals surface area contributed by atoms with Crippen LogP contribution in [0.4, 0.5) is 5.82 Å². The minimum absolute atomic E-state index is 0.127. The van der Waals surface area contributed by atoms with Gasteiger partial charge < -0.3 is 30.4 Å². The number of imidazole rings is 1. The molecule has 3 unspecified atom stereocenters. The second-order valence-electron chi connectivity index (χ2n) is 4.70. The molecule has 0 saturated carbocycles. The molecule has 0 amide bonds. The maximum absolute atomic E-state index is 12.1. The van der Waals surface area contributed by atoms with Crippen molar-refractivity contribution in [2.24, 2.45) is 0 Å². The van der Waals surface area contributed by atoms with E-state index in [2.05, 4.69) is 15.0 Å². The lowest BCUT2D eigenvalue weighted by molar-refractivity contribution is -0.0598. The number of ether oxygens (including phenoxy) is 2. The number of aromatic nitrogens is 4. The number of methoxy groups -OCH3 is 1. The number of aliphatic hydroxyl groups is 2. The minimum atomic E-state index is -1.07. The summed E-state index contributed by atoms with van der Waals surface area (Å²) >= 11 is 0. The Balaban J connectivity index is 2.14. The van der Waals surface area contributed by atoms with Crippen molar-refractivity contribution in [2.45, 2.75) is 24.5 Å². The number of aliphatic hydroxyl groups excluding tert-OH is 2. The average Bonchev–Trinajstić information content (AvgIpc) is 2.96. The maximum atomic E-state index is 12.1. The van der Waals surface area contributed by atoms with E-state index >= 15 is 0 Å². The van der Waals surface area contributed by atoms with Crippen molar-refractivity contribution in [1.29, 1.82) is 0 Å². The van der Waals surface area contributed by atoms with E-state index in [1.807, 2.05) is 0 Å². The molecule has 1 fully saturated rings. The molecule has 2 aromatic heterocycles. The highest BCUT2D eigenvalue weighted by Crippen LogP contribution is 2.32. The molecular formula is C11H15N5O5. The van der Waals surface area contributed by atoms with Crippen LogP contribution in [0.1, 0.15) is 6.23 Å². The number of hydrogen-bond donors (Lipinski definition) is 4. The van der Waals surface area contributed by atoms with Crippen molar-refractivity contribution in [3.63, 3.8) is 0 Å². The summed E-state index contributed by atoms with van der Waals surface area (Å²) in [6.07, 6.45) is -2.46. The van der Waals surface area contributed by atoms with Crippen molar-refractivity contribution in [3.8, 4) is 0 Å². The van der Waals surface area contributed by atoms with Crippen molar-refractivity contribution in [3.05, 3.63) is 16.8 Å². The second-order valence-corrected chi connectivity index (χ2v) is 4.70. The highest BCUT2D eigenvalue weighted by atomic mass is 16.6. The van der Waals surface area contributed by atoms with Crippen molar-refractivity contribution in [1.82, 2.24) is 19.5 Å². The third-order valence-corrected chi connectivity index (χ3v) is 3.55. The zero-order valence-corrected chi connectivity index (χ0v) is 11.1. The highest BCUT2D eigenvalue weighted by Gasteiger charge is 2.46. The van der Waals surface area contributed by atoms with Gasteiger partial charge >= 0.3 is 5.69 Å². The van der Waals surface area contributed by atoms with Gasteiger partial charge in [0.1, 0.15) is 30.2 Å². The standard InChI is InChI=1S/C11H15N5O5/c1-20-7-6(18)4(2-17)21-10(7)16-9-5(15-11(16)19)8(12)13-3-14-9/h3-4,6-7,10,17-18H,2H2,1H3,(H,15,19)(H2,12,13,14)/t4-,6?,7?,10?/m1/s1. The van der Waals surface area contributed by atoms with Gasteiger partial charge in [0.2, 0.25) is 0 Å². The van der Waals surface area contributed by atoms with Crippen LogP contribution in [0, 0.1) is 0 Å². The number of nitrogens with two attached hydrogens (primary N) is 1. The van der Waals surface area contributed by atoms with E-state index in [-0.39, 0.29) is 17.0 Å². The number of nitrogens with one attached hydrogen (secondary N) is 1. The summed E-state index contributed by atoms with van der Waals surface area (Å²) in [5.41, 5.74) is 5.69. The van der Waals surface area contributed by atoms with Crippen LogP contribution in [0.2, 0.25) is 0 Å². The van der Waals surface area contributed by atoms with Crippen LogP contribution in [-0.4, -0.2) is 61.8 Å². The van der Waals surface area contributed by atoms with Crippen molar-refractivity contribution < 1.29 is 19.7 Å². The number of anilines is 1. The fourth-order valence-electron chi connectivity index (χ4n) is 2.52. The number of hydrogen-bond acceptors (Lipinski definition) is 8. The lowest BCUT2D eigenvalue weighted by Gasteiger charge is -2.19. The molecule has 1 aliphatic rings. The Morgan fingerprint density at radius 3 is 3.00 bits per heavy atom. The van der Waals surface area contributed by atoms with E-state index < -0.39 is 36.8 Å². The molecule has 0 radical (unpaired) electrons. The molecule has 5 N–H and O–H groups in total. The number of fused-ring (bicyclic) bond motifs is 1. The van der Waals surface area contributed by atoms with Crippen LogP contribution in [0.25, 0.3) is 11.2 Å². The summed E-state index contributed by atoms with van der Waals surface area (Å²) in [5.74, 6) is 0.127. The van der Waals surface area contributed by atoms with Gasteiger partial charge in [-0.05, 0) is 0 Å². The van der Waals surface area contributed by atoms with E-state index in [4.69, 9.17) is 15.2 Å². The third-order valence-electron chi connectivity index (χ3n) is 3.55. The summed E-state index contributed by atoms with van der Waals surface area (Å²) in [6.45, 7) is -0.397. The van der Waals surface area contributed by atoms with Gasteiger partial charge in [-0.2, -0.15) is 0 Å². The van der Waals surface area contributed by atoms with Crippen molar-refractivity contribution in [2.75, 3.05) is 19.5 Å². The Bertz CT molecular complexity index is 713. The van der Waals surface area contributed by atoms with Crippen LogP contribution < -0.4 is 11.4 Å². The molecule has 4 atom stereocenters. The average molecular weight is 297 g/mol. The van der Waals surface area contributed by atoms with Gasteiger partial charge in [-0.15, -0.1) is 0 Å². The van der Waals surface area contributed by atoms with Gasteiger partial charge in [-0.1, -0.05) is 0 Å². The van der Waals surface area contributed by atoms with Gasteiger partial charge in [-0.25, -0.2) is 19.3 Å². The topological polar surface area (TPSA) is 149 Å². The summed E-state index contributed by atoms with van der Waals surface area (Å²) in [5, 5.41) is 19.3. The largest absolute Gasteiger partial charge is 0.394 e. The Kier molecular flexibility index (Phi) is 3.37. The normalized spacial score (nSPS) is 29.3. The number of nitrogens with zero attached hydrogens (tertiary/aromatic N) is 3. The number of nitrogen functional groups attached to an aromatic ring is 1. The van der Waals surface area contributed by atoms with E-state index in [9.17, 15) is 15.0 Å². The predicted octanol–water partition coefficient (Wildman–Crippen LogP) is -2.03. The molecule has 0 aromatic carbocycles. The smallest absolute Gasteiger partial charge is 0.330 e. The van der Waals surface area contributed by atoms with Gasteiger partial charge in [0.05, 0.1) is 6.61 Å². The molecule has 1 aliphatic heterocycles. The summed E-state index contributed by atoms with van der Waals surface area (Å²) < 4.78 is 11.9. The number of rotatable bonds is 3. The molecule has 3 rings (SSSR count). The molecule has 10 nitrogen and oxygen atoms in total. The fraction of sp³-hybridized carbons (Fsp3) is 0.545. The maximum Gasteiger partial charge on any atom is 0.330 e. The first-order valence-electron chi connectivity index (χ1n) is 6.26. The first-order valence-corrected chi connectivity index (χ1v) is 6.26. The lowest BCUT2D eigenvalue weighted by atomic mass is 10.1. The van der Waals surface area contributed by atoms with E-state index in [0.717, 1.165) is 0 Å². The molecule has 0 aliphatic carbocycles. The molecular weight excluding hydrogens is 282 g/mol. The minimum Gasteiger partial charge on any atom is -0.394 e. The Morgan fingerprint density at radius 2 is 2.33 bits per heavy atom. The Morgan fingerprint density at radius 1 is 1.57 bits per heavy atom. The number of H-pyrrole nitrogens is 1. The zero-order valence-electron chi connectivity index (χ0n) is 11.1. The van der Waals surface area contributed by atoms with Crippen molar-refractivity contribution >= 4 is 17.0 Å². The second kappa shape index (κ2) is 5.07. The molecule has 1 saturated heterocycles. The van der Waals surface area contributed by atoms with Crippen LogP contribution in [-0.2, 0) is 9.47 Å². The zero-order chi connectivity index (χ0) is 15.1. The molecule has 3 heterocycles. The van der Waals surface area contributed by atoms with E-state index in [0.29, 0.717) is 0 Å². The Labute approximate surface area is 118 Å². The fourth-order valence-corrected chi connectivity index (χ4v) is 2.52. The Hall–Kier alpha value is -2.01. The van der Waals surface area contributed by atoms with Crippen LogP contribution in [0.3, 0.4) is 0 Å². The van der Waals surface area contributed by atoms with Crippen LogP contribution in [0.15, 0.2) is 11.1 Å². The third kappa shape index (κ3) is 2.00. The van der Waals surface area contributed by atoms with Gasteiger partial charge in [0, 0.05) is 7.11 Å².